The third kappa shape index (κ3) is 1.27. The van der Waals surface area contributed by atoms with Gasteiger partial charge in [0, 0.05) is 13.8 Å². The summed E-state index contributed by atoms with van der Waals surface area (Å²) in [4.78, 5) is 11.8. The predicted octanol–water partition coefficient (Wildman–Crippen LogP) is 2.07. The Labute approximate surface area is 89.8 Å². The Morgan fingerprint density at radius 2 is 1.67 bits per heavy atom. The van der Waals surface area contributed by atoms with E-state index in [-0.39, 0.29) is 14.1 Å². The number of rotatable bonds is 0. The van der Waals surface area contributed by atoms with Crippen molar-refractivity contribution in [1.82, 2.24) is 5.32 Å². The molecule has 0 aromatic heterocycles. The molecule has 1 N–H and O–H groups in total. The number of nitrogens with one attached hydrogen (secondary N) is 1. The Balaban J connectivity index is 3.14. The third-order valence-corrected chi connectivity index (χ3v) is 4.53. The molecule has 70 valence electrons. The van der Waals surface area contributed by atoms with Gasteiger partial charge < -0.3 is 0 Å². The number of hydrogen-bond donors (Lipinski definition) is 1. The second kappa shape index (κ2) is 2.53. The summed E-state index contributed by atoms with van der Waals surface area (Å²) in [6, 6.07) is 0. The van der Waals surface area contributed by atoms with E-state index in [1.165, 1.54) is 0 Å². The summed E-state index contributed by atoms with van der Waals surface area (Å²) < 4.78 is 0.0278. The highest BCUT2D eigenvalue weighted by Gasteiger charge is 2.63. The molecule has 1 saturated heterocycles. The van der Waals surface area contributed by atoms with Crippen molar-refractivity contribution in [3.05, 3.63) is 0 Å². The van der Waals surface area contributed by atoms with Crippen LogP contribution in [-0.2, 0) is 4.79 Å². The first-order valence-corrected chi connectivity index (χ1v) is 5.16. The minimum atomic E-state index is -0.490. The second-order valence-corrected chi connectivity index (χ2v) is 7.21. The van der Waals surface area contributed by atoms with Gasteiger partial charge in [-0.15, -0.1) is 2.54 Å². The van der Waals surface area contributed by atoms with Gasteiger partial charge >= 0.3 is 5.91 Å². The van der Waals surface area contributed by atoms with Crippen molar-refractivity contribution in [2.45, 2.75) is 38.9 Å². The lowest BCUT2D eigenvalue weighted by Crippen LogP contribution is -2.50. The Bertz CT molecular complexity index is 236. The zero-order chi connectivity index (χ0) is 9.78. The highest BCUT2D eigenvalue weighted by molar-refractivity contribution is 9.16. The molecule has 1 amide bonds. The Hall–Kier alpha value is 0.550. The minimum Gasteiger partial charge on any atom is -0.246 e. The summed E-state index contributed by atoms with van der Waals surface area (Å²) in [5.74, 6) is 0.0764. The van der Waals surface area contributed by atoms with Gasteiger partial charge in [0.2, 0.25) is 32.3 Å². The maximum Gasteiger partial charge on any atom is 0.355 e. The van der Waals surface area contributed by atoms with Gasteiger partial charge in [0.25, 0.3) is 0 Å². The third-order valence-electron chi connectivity index (χ3n) is 2.11. The SMILES string of the molecule is CC1(C)NC(C)(C)[N+](Br)(Br)C1=O. The molecule has 0 aromatic rings. The first-order chi connectivity index (χ1) is 5.11. The molecule has 0 spiro atoms. The molecular formula is C7H13Br2N2O+. The van der Waals surface area contributed by atoms with E-state index in [1.807, 2.05) is 27.7 Å². The molecule has 0 atom stereocenters. The van der Waals surface area contributed by atoms with Gasteiger partial charge in [-0.25, -0.2) is 10.1 Å². The highest BCUT2D eigenvalue weighted by atomic mass is 79.9. The van der Waals surface area contributed by atoms with Gasteiger partial charge in [-0.2, -0.15) is 0 Å². The number of carbonyl (C=O) groups is 1. The lowest BCUT2D eigenvalue weighted by atomic mass is 10.1. The van der Waals surface area contributed by atoms with E-state index >= 15 is 0 Å². The van der Waals surface area contributed by atoms with Crippen molar-refractivity contribution in [3.63, 3.8) is 0 Å². The minimum absolute atomic E-state index is 0.0278. The first kappa shape index (κ1) is 10.6. The number of nitrogens with zero attached hydrogens (tertiary/aromatic N) is 1. The van der Waals surface area contributed by atoms with Crippen LogP contribution in [0.1, 0.15) is 27.7 Å². The van der Waals surface area contributed by atoms with Gasteiger partial charge in [0.1, 0.15) is 5.54 Å². The van der Waals surface area contributed by atoms with Crippen molar-refractivity contribution >= 4 is 38.2 Å². The molecule has 0 aliphatic carbocycles. The Morgan fingerprint density at radius 1 is 1.25 bits per heavy atom. The summed E-state index contributed by atoms with van der Waals surface area (Å²) in [6.07, 6.45) is 0. The fraction of sp³-hybridized carbons (Fsp3) is 0.857. The lowest BCUT2D eigenvalue weighted by Gasteiger charge is -2.27. The maximum atomic E-state index is 11.8. The van der Waals surface area contributed by atoms with Crippen molar-refractivity contribution in [3.8, 4) is 0 Å². The average molecular weight is 301 g/mol. The molecule has 1 aliphatic heterocycles. The van der Waals surface area contributed by atoms with Gasteiger partial charge in [0.05, 0.1) is 0 Å². The van der Waals surface area contributed by atoms with E-state index in [0.29, 0.717) is 0 Å². The fourth-order valence-electron chi connectivity index (χ4n) is 1.49. The van der Waals surface area contributed by atoms with Crippen LogP contribution in [0.25, 0.3) is 0 Å². The molecule has 1 fully saturated rings. The predicted molar refractivity (Wildman–Crippen MR) is 54.4 cm³/mol. The molecular weight excluding hydrogens is 288 g/mol. The molecule has 0 aromatic carbocycles. The van der Waals surface area contributed by atoms with Crippen molar-refractivity contribution in [2.75, 3.05) is 0 Å². The fourth-order valence-corrected chi connectivity index (χ4v) is 2.56. The van der Waals surface area contributed by atoms with Crippen LogP contribution in [0.5, 0.6) is 0 Å². The second-order valence-electron chi connectivity index (χ2n) is 4.13. The van der Waals surface area contributed by atoms with Crippen LogP contribution in [0.4, 0.5) is 0 Å². The highest BCUT2D eigenvalue weighted by Crippen LogP contribution is 2.43. The number of halogens is 2. The van der Waals surface area contributed by atoms with Crippen LogP contribution in [-0.4, -0.2) is 19.6 Å². The summed E-state index contributed by atoms with van der Waals surface area (Å²) in [5.41, 5.74) is -0.822. The molecule has 1 rings (SSSR count). The van der Waals surface area contributed by atoms with Gasteiger partial charge in [-0.3, -0.25) is 0 Å². The van der Waals surface area contributed by atoms with Crippen LogP contribution >= 0.6 is 32.3 Å². The lowest BCUT2D eigenvalue weighted by molar-refractivity contribution is -0.592. The van der Waals surface area contributed by atoms with Crippen LogP contribution in [0.2, 0.25) is 0 Å². The van der Waals surface area contributed by atoms with Crippen molar-refractivity contribution in [1.29, 1.82) is 0 Å². The Kier molecular flexibility index (Phi) is 2.24. The zero-order valence-corrected chi connectivity index (χ0v) is 10.8. The number of carbonyl (C=O) groups excluding carboxylic acids is 1. The van der Waals surface area contributed by atoms with Gasteiger partial charge in [-0.1, -0.05) is 0 Å². The van der Waals surface area contributed by atoms with Crippen LogP contribution in [0.3, 0.4) is 0 Å². The molecule has 3 nitrogen and oxygen atoms in total. The van der Waals surface area contributed by atoms with E-state index in [9.17, 15) is 4.79 Å². The van der Waals surface area contributed by atoms with E-state index in [1.54, 1.807) is 0 Å². The van der Waals surface area contributed by atoms with E-state index in [4.69, 9.17) is 0 Å². The van der Waals surface area contributed by atoms with Crippen LogP contribution in [0.15, 0.2) is 0 Å². The molecule has 0 bridgehead atoms. The quantitative estimate of drug-likeness (QED) is 0.694. The monoisotopic (exact) mass is 299 g/mol. The Morgan fingerprint density at radius 3 is 1.75 bits per heavy atom. The smallest absolute Gasteiger partial charge is 0.246 e. The van der Waals surface area contributed by atoms with Crippen LogP contribution < -0.4 is 5.32 Å². The average Bonchev–Trinajstić information content (AvgIpc) is 1.90. The van der Waals surface area contributed by atoms with E-state index in [0.717, 1.165) is 0 Å². The molecule has 1 aliphatic rings. The molecule has 0 saturated carbocycles. The molecule has 0 unspecified atom stereocenters. The molecule has 5 heteroatoms. The largest absolute Gasteiger partial charge is 0.355 e. The van der Waals surface area contributed by atoms with Gasteiger partial charge in [0.15, 0.2) is 5.66 Å². The standard InChI is InChI=1S/C7H13Br2N2O/c1-6(2)5(12)11(8,9)7(3,4)10-6/h10H,1-4H3/q+1. The maximum absolute atomic E-state index is 11.8. The number of hydrogen-bond acceptors (Lipinski definition) is 2. The van der Waals surface area contributed by atoms with Crippen LogP contribution in [0, 0.1) is 0 Å². The first-order valence-electron chi connectivity index (χ1n) is 3.74. The van der Waals surface area contributed by atoms with E-state index in [2.05, 4.69) is 37.6 Å². The number of amides is 1. The topological polar surface area (TPSA) is 29.1 Å². The summed E-state index contributed by atoms with van der Waals surface area (Å²) in [5, 5.41) is 3.24. The summed E-state index contributed by atoms with van der Waals surface area (Å²) in [6.45, 7) is 7.67. The zero-order valence-electron chi connectivity index (χ0n) is 7.61. The summed E-state index contributed by atoms with van der Waals surface area (Å²) >= 11 is 6.69. The van der Waals surface area contributed by atoms with Crippen molar-refractivity contribution in [2.24, 2.45) is 0 Å². The molecule has 0 radical (unpaired) electrons. The van der Waals surface area contributed by atoms with Gasteiger partial charge in [-0.05, 0) is 13.8 Å². The normalized spacial score (nSPS) is 30.7. The number of quaternary nitrogens is 1. The van der Waals surface area contributed by atoms with E-state index < -0.39 is 5.54 Å². The summed E-state index contributed by atoms with van der Waals surface area (Å²) in [7, 11) is 0. The van der Waals surface area contributed by atoms with Crippen molar-refractivity contribution < 1.29 is 7.33 Å². The molecule has 1 heterocycles. The molecule has 12 heavy (non-hydrogen) atoms.